The van der Waals surface area contributed by atoms with E-state index in [1.807, 2.05) is 13.8 Å². The lowest BCUT2D eigenvalue weighted by molar-refractivity contribution is -0.385. The van der Waals surface area contributed by atoms with Crippen molar-refractivity contribution in [2.45, 2.75) is 20.4 Å². The van der Waals surface area contributed by atoms with E-state index < -0.39 is 4.92 Å². The van der Waals surface area contributed by atoms with Gasteiger partial charge in [-0.25, -0.2) is 0 Å². The minimum absolute atomic E-state index is 0.0387. The van der Waals surface area contributed by atoms with Gasteiger partial charge >= 0.3 is 5.69 Å². The number of benzene rings is 1. The van der Waals surface area contributed by atoms with E-state index in [9.17, 15) is 10.1 Å². The molecule has 106 valence electrons. The smallest absolute Gasteiger partial charge is 0.311 e. The van der Waals surface area contributed by atoms with Crippen LogP contribution in [0, 0.1) is 15.5 Å². The molecular formula is C13H20N2O4. The molecule has 0 heterocycles. The molecule has 0 saturated heterocycles. The molecule has 0 unspecified atom stereocenters. The molecule has 6 nitrogen and oxygen atoms in total. The van der Waals surface area contributed by atoms with Crippen LogP contribution in [0.4, 0.5) is 5.69 Å². The van der Waals surface area contributed by atoms with Gasteiger partial charge in [0, 0.05) is 31.2 Å². The number of ether oxygens (including phenoxy) is 1. The van der Waals surface area contributed by atoms with Crippen molar-refractivity contribution in [3.63, 3.8) is 0 Å². The van der Waals surface area contributed by atoms with Crippen LogP contribution in [0.5, 0.6) is 5.75 Å². The fourth-order valence-corrected chi connectivity index (χ4v) is 1.59. The first-order valence-electron chi connectivity index (χ1n) is 6.02. The van der Waals surface area contributed by atoms with E-state index in [1.54, 1.807) is 12.1 Å². The lowest BCUT2D eigenvalue weighted by Crippen LogP contribution is -2.31. The van der Waals surface area contributed by atoms with Gasteiger partial charge < -0.3 is 15.2 Å². The molecule has 0 fully saturated rings. The van der Waals surface area contributed by atoms with Crippen LogP contribution in [0.3, 0.4) is 0 Å². The third-order valence-corrected chi connectivity index (χ3v) is 2.80. The molecule has 0 aliphatic heterocycles. The molecule has 0 saturated carbocycles. The Balaban J connectivity index is 2.70. The van der Waals surface area contributed by atoms with E-state index in [2.05, 4.69) is 5.32 Å². The predicted molar refractivity (Wildman–Crippen MR) is 72.2 cm³/mol. The molecule has 1 aromatic carbocycles. The van der Waals surface area contributed by atoms with Crippen molar-refractivity contribution in [3.8, 4) is 5.75 Å². The highest BCUT2D eigenvalue weighted by Gasteiger charge is 2.17. The van der Waals surface area contributed by atoms with Crippen molar-refractivity contribution in [1.29, 1.82) is 0 Å². The summed E-state index contributed by atoms with van der Waals surface area (Å²) in [7, 11) is 1.41. The largest absolute Gasteiger partial charge is 0.490 e. The summed E-state index contributed by atoms with van der Waals surface area (Å²) in [6.07, 6.45) is 0. The number of aliphatic hydroxyl groups is 1. The van der Waals surface area contributed by atoms with Crippen LogP contribution in [0.25, 0.3) is 0 Å². The Morgan fingerprint density at radius 1 is 1.47 bits per heavy atom. The van der Waals surface area contributed by atoms with E-state index in [1.165, 1.54) is 13.2 Å². The molecule has 0 aliphatic carbocycles. The number of rotatable bonds is 7. The van der Waals surface area contributed by atoms with Crippen molar-refractivity contribution in [2.75, 3.05) is 20.3 Å². The quantitative estimate of drug-likeness (QED) is 0.581. The standard InChI is InChI=1S/C13H20N2O4/c1-13(2,9-16)8-14-7-10-4-5-12(19-3)11(6-10)15(17)18/h4-6,14,16H,7-9H2,1-3H3. The molecule has 0 radical (unpaired) electrons. The number of methoxy groups -OCH3 is 1. The molecule has 0 amide bonds. The number of nitrogens with zero attached hydrogens (tertiary/aromatic N) is 1. The number of aliphatic hydroxyl groups excluding tert-OH is 1. The van der Waals surface area contributed by atoms with Gasteiger partial charge in [-0.05, 0) is 11.6 Å². The van der Waals surface area contributed by atoms with Crippen LogP contribution in [0.1, 0.15) is 19.4 Å². The van der Waals surface area contributed by atoms with E-state index in [4.69, 9.17) is 9.84 Å². The number of nitrogens with one attached hydrogen (secondary N) is 1. The topological polar surface area (TPSA) is 84.6 Å². The summed E-state index contributed by atoms with van der Waals surface area (Å²) in [6.45, 7) is 5.10. The molecule has 6 heteroatoms. The second kappa shape index (κ2) is 6.49. The van der Waals surface area contributed by atoms with E-state index in [0.29, 0.717) is 13.1 Å². The molecular weight excluding hydrogens is 248 g/mol. The van der Waals surface area contributed by atoms with Gasteiger partial charge in [-0.1, -0.05) is 19.9 Å². The Labute approximate surface area is 112 Å². The van der Waals surface area contributed by atoms with Crippen LogP contribution >= 0.6 is 0 Å². The van der Waals surface area contributed by atoms with Crippen LogP contribution in [0.2, 0.25) is 0 Å². The molecule has 1 aromatic rings. The minimum atomic E-state index is -0.458. The average molecular weight is 268 g/mol. The van der Waals surface area contributed by atoms with Crippen molar-refractivity contribution in [2.24, 2.45) is 5.41 Å². The second-order valence-corrected chi connectivity index (χ2v) is 5.19. The van der Waals surface area contributed by atoms with Crippen LogP contribution in [0.15, 0.2) is 18.2 Å². The lowest BCUT2D eigenvalue weighted by atomic mass is 9.95. The summed E-state index contributed by atoms with van der Waals surface area (Å²) >= 11 is 0. The Bertz CT molecular complexity index is 446. The molecule has 0 bridgehead atoms. The predicted octanol–water partition coefficient (Wildman–Crippen LogP) is 1.71. The lowest BCUT2D eigenvalue weighted by Gasteiger charge is -2.21. The number of hydrogen-bond acceptors (Lipinski definition) is 5. The highest BCUT2D eigenvalue weighted by Crippen LogP contribution is 2.27. The summed E-state index contributed by atoms with van der Waals surface area (Å²) in [5.41, 5.74) is 0.558. The number of nitro groups is 1. The zero-order chi connectivity index (χ0) is 14.5. The molecule has 2 N–H and O–H groups in total. The van der Waals surface area contributed by atoms with Gasteiger partial charge in [0.15, 0.2) is 5.75 Å². The van der Waals surface area contributed by atoms with Crippen LogP contribution in [-0.4, -0.2) is 30.3 Å². The third kappa shape index (κ3) is 4.50. The van der Waals surface area contributed by atoms with Crippen LogP contribution < -0.4 is 10.1 Å². The number of nitro benzene ring substituents is 1. The van der Waals surface area contributed by atoms with E-state index in [-0.39, 0.29) is 23.5 Å². The monoisotopic (exact) mass is 268 g/mol. The van der Waals surface area contributed by atoms with E-state index in [0.717, 1.165) is 5.56 Å². The molecule has 0 spiro atoms. The summed E-state index contributed by atoms with van der Waals surface area (Å²) in [5, 5.41) is 23.2. The Kier molecular flexibility index (Phi) is 5.26. The molecule has 0 atom stereocenters. The van der Waals surface area contributed by atoms with Gasteiger partial charge in [0.2, 0.25) is 0 Å². The van der Waals surface area contributed by atoms with Crippen molar-refractivity contribution in [3.05, 3.63) is 33.9 Å². The highest BCUT2D eigenvalue weighted by atomic mass is 16.6. The summed E-state index contributed by atoms with van der Waals surface area (Å²) in [4.78, 5) is 10.4. The summed E-state index contributed by atoms with van der Waals surface area (Å²) < 4.78 is 4.94. The number of hydrogen-bond donors (Lipinski definition) is 2. The summed E-state index contributed by atoms with van der Waals surface area (Å²) in [5.74, 6) is 0.254. The van der Waals surface area contributed by atoms with Gasteiger partial charge in [0.1, 0.15) is 0 Å². The fraction of sp³-hybridized carbons (Fsp3) is 0.538. The van der Waals surface area contributed by atoms with Gasteiger partial charge in [-0.2, -0.15) is 0 Å². The summed E-state index contributed by atoms with van der Waals surface area (Å²) in [6, 6.07) is 4.87. The van der Waals surface area contributed by atoms with Gasteiger partial charge in [0.05, 0.1) is 12.0 Å². The van der Waals surface area contributed by atoms with Crippen molar-refractivity contribution < 1.29 is 14.8 Å². The van der Waals surface area contributed by atoms with Crippen molar-refractivity contribution in [1.82, 2.24) is 5.32 Å². The zero-order valence-corrected chi connectivity index (χ0v) is 11.5. The molecule has 0 aliphatic rings. The van der Waals surface area contributed by atoms with Gasteiger partial charge in [-0.3, -0.25) is 10.1 Å². The van der Waals surface area contributed by atoms with Crippen molar-refractivity contribution >= 4 is 5.69 Å². The first-order chi connectivity index (χ1) is 8.89. The SMILES string of the molecule is COc1ccc(CNCC(C)(C)CO)cc1[N+](=O)[O-]. The molecule has 0 aromatic heterocycles. The average Bonchev–Trinajstić information content (AvgIpc) is 2.38. The first-order valence-corrected chi connectivity index (χ1v) is 6.02. The normalized spacial score (nSPS) is 11.4. The first kappa shape index (κ1) is 15.4. The Hall–Kier alpha value is -1.66. The molecule has 19 heavy (non-hydrogen) atoms. The fourth-order valence-electron chi connectivity index (χ4n) is 1.59. The second-order valence-electron chi connectivity index (χ2n) is 5.19. The maximum Gasteiger partial charge on any atom is 0.311 e. The maximum absolute atomic E-state index is 10.9. The molecule has 1 rings (SSSR count). The Morgan fingerprint density at radius 3 is 2.68 bits per heavy atom. The third-order valence-electron chi connectivity index (χ3n) is 2.80. The van der Waals surface area contributed by atoms with Crippen LogP contribution in [-0.2, 0) is 6.54 Å². The maximum atomic E-state index is 10.9. The zero-order valence-electron chi connectivity index (χ0n) is 11.5. The minimum Gasteiger partial charge on any atom is -0.490 e. The Morgan fingerprint density at radius 2 is 2.16 bits per heavy atom. The van der Waals surface area contributed by atoms with Gasteiger partial charge in [0.25, 0.3) is 0 Å². The van der Waals surface area contributed by atoms with Gasteiger partial charge in [-0.15, -0.1) is 0 Å². The highest BCUT2D eigenvalue weighted by molar-refractivity contribution is 5.48. The van der Waals surface area contributed by atoms with E-state index >= 15 is 0 Å².